The molecule has 7 nitrogen and oxygen atoms in total. The molecule has 0 saturated carbocycles. The fraction of sp³-hybridized carbons (Fsp3) is 0.190. The van der Waals surface area contributed by atoms with Gasteiger partial charge in [0.05, 0.1) is 23.9 Å². The Morgan fingerprint density at radius 1 is 1.33 bits per heavy atom. The lowest BCUT2D eigenvalue weighted by atomic mass is 10.2. The number of hydrogen-bond donors (Lipinski definition) is 1. The van der Waals surface area contributed by atoms with Crippen LogP contribution in [0.3, 0.4) is 0 Å². The normalized spacial score (nSPS) is 10.5. The van der Waals surface area contributed by atoms with Crippen molar-refractivity contribution in [2.75, 3.05) is 11.9 Å². The minimum Gasteiger partial charge on any atom is -0.467 e. The zero-order valence-electron chi connectivity index (χ0n) is 16.2. The minimum atomic E-state index is -0.970. The highest BCUT2D eigenvalue weighted by molar-refractivity contribution is 9.10. The molecule has 0 bridgehead atoms. The van der Waals surface area contributed by atoms with Gasteiger partial charge in [-0.25, -0.2) is 9.18 Å². The molecule has 9 heteroatoms. The predicted molar refractivity (Wildman–Crippen MR) is 109 cm³/mol. The Labute approximate surface area is 180 Å². The maximum atomic E-state index is 13.8. The highest BCUT2D eigenvalue weighted by Crippen LogP contribution is 2.27. The minimum absolute atomic E-state index is 0.276. The van der Waals surface area contributed by atoms with Gasteiger partial charge in [0.2, 0.25) is 0 Å². The van der Waals surface area contributed by atoms with Crippen molar-refractivity contribution in [1.29, 1.82) is 5.26 Å². The number of halogens is 2. The van der Waals surface area contributed by atoms with Gasteiger partial charge < -0.3 is 19.0 Å². The third-order valence-electron chi connectivity index (χ3n) is 4.58. The molecule has 3 rings (SSSR count). The maximum absolute atomic E-state index is 13.8. The quantitative estimate of drug-likeness (QED) is 0.537. The SMILES string of the molecule is Cc1c(C#N)c(NC(=O)COC(=O)c2cc(Br)ccc2F)n(Cc2ccco2)c1C. The third-order valence-corrected chi connectivity index (χ3v) is 5.07. The molecule has 1 aromatic carbocycles. The number of rotatable bonds is 6. The molecule has 154 valence electrons. The molecular formula is C21H17BrFN3O4. The average Bonchev–Trinajstić information content (AvgIpc) is 3.31. The van der Waals surface area contributed by atoms with E-state index in [-0.39, 0.29) is 11.4 Å². The molecule has 0 unspecified atom stereocenters. The van der Waals surface area contributed by atoms with Gasteiger partial charge in [-0.3, -0.25) is 4.79 Å². The number of hydrogen-bond acceptors (Lipinski definition) is 5. The number of nitrogens with one attached hydrogen (secondary N) is 1. The number of carbonyl (C=O) groups is 2. The van der Waals surface area contributed by atoms with Crippen LogP contribution in [0.25, 0.3) is 0 Å². The Kier molecular flexibility index (Phi) is 6.37. The highest BCUT2D eigenvalue weighted by Gasteiger charge is 2.21. The van der Waals surface area contributed by atoms with Crippen molar-refractivity contribution in [3.8, 4) is 6.07 Å². The molecule has 2 heterocycles. The van der Waals surface area contributed by atoms with E-state index < -0.39 is 24.3 Å². The van der Waals surface area contributed by atoms with Crippen LogP contribution < -0.4 is 5.32 Å². The van der Waals surface area contributed by atoms with E-state index in [1.54, 1.807) is 23.6 Å². The number of benzene rings is 1. The molecule has 2 aromatic heterocycles. The Morgan fingerprint density at radius 2 is 2.10 bits per heavy atom. The molecule has 0 radical (unpaired) electrons. The number of nitriles is 1. The van der Waals surface area contributed by atoms with Gasteiger partial charge in [-0.15, -0.1) is 0 Å². The fourth-order valence-electron chi connectivity index (χ4n) is 2.92. The fourth-order valence-corrected chi connectivity index (χ4v) is 3.28. The van der Waals surface area contributed by atoms with E-state index in [4.69, 9.17) is 9.15 Å². The van der Waals surface area contributed by atoms with Gasteiger partial charge in [-0.05, 0) is 49.7 Å². The van der Waals surface area contributed by atoms with Gasteiger partial charge in [0, 0.05) is 10.2 Å². The van der Waals surface area contributed by atoms with Crippen molar-refractivity contribution in [2.24, 2.45) is 0 Å². The predicted octanol–water partition coefficient (Wildman–Crippen LogP) is 4.32. The molecule has 1 N–H and O–H groups in total. The summed E-state index contributed by atoms with van der Waals surface area (Å²) in [5.74, 6) is -1.46. The molecule has 0 atom stereocenters. The van der Waals surface area contributed by atoms with E-state index >= 15 is 0 Å². The van der Waals surface area contributed by atoms with Crippen molar-refractivity contribution in [2.45, 2.75) is 20.4 Å². The summed E-state index contributed by atoms with van der Waals surface area (Å²) in [6.07, 6.45) is 1.53. The molecule has 0 aliphatic carbocycles. The van der Waals surface area contributed by atoms with Gasteiger partial charge >= 0.3 is 5.97 Å². The van der Waals surface area contributed by atoms with E-state index in [2.05, 4.69) is 27.3 Å². The number of anilines is 1. The summed E-state index contributed by atoms with van der Waals surface area (Å²) < 4.78 is 26.3. The van der Waals surface area contributed by atoms with E-state index in [0.29, 0.717) is 27.9 Å². The van der Waals surface area contributed by atoms with Crippen LogP contribution >= 0.6 is 15.9 Å². The summed E-state index contributed by atoms with van der Waals surface area (Å²) in [5, 5.41) is 12.1. The standard InChI is InChI=1S/C21H17BrFN3O4/c1-12-13(2)26(10-15-4-3-7-29-15)20(17(12)9-24)25-19(27)11-30-21(28)16-8-14(22)5-6-18(16)23/h3-8H,10-11H2,1-2H3,(H,25,27). The zero-order chi connectivity index (χ0) is 21.8. The van der Waals surface area contributed by atoms with E-state index in [1.807, 2.05) is 6.92 Å². The molecule has 0 aliphatic rings. The van der Waals surface area contributed by atoms with Gasteiger partial charge in [0.15, 0.2) is 6.61 Å². The van der Waals surface area contributed by atoms with Crippen LogP contribution in [0, 0.1) is 31.0 Å². The second kappa shape index (κ2) is 8.97. The smallest absolute Gasteiger partial charge is 0.341 e. The number of amides is 1. The lowest BCUT2D eigenvalue weighted by Crippen LogP contribution is -2.23. The van der Waals surface area contributed by atoms with Crippen molar-refractivity contribution < 1.29 is 23.1 Å². The van der Waals surface area contributed by atoms with Crippen LogP contribution in [-0.4, -0.2) is 23.1 Å². The van der Waals surface area contributed by atoms with E-state index in [0.717, 1.165) is 11.8 Å². The lowest BCUT2D eigenvalue weighted by molar-refractivity contribution is -0.119. The molecule has 1 amide bonds. The van der Waals surface area contributed by atoms with E-state index in [9.17, 15) is 19.2 Å². The molecule has 3 aromatic rings. The number of carbonyl (C=O) groups excluding carboxylic acids is 2. The first-order valence-corrected chi connectivity index (χ1v) is 9.65. The topological polar surface area (TPSA) is 97.3 Å². The number of furan rings is 1. The molecule has 0 spiro atoms. The lowest BCUT2D eigenvalue weighted by Gasteiger charge is -2.12. The first kappa shape index (κ1) is 21.3. The Bertz CT molecular complexity index is 1150. The molecule has 0 fully saturated rings. The molecular weight excluding hydrogens is 457 g/mol. The van der Waals surface area contributed by atoms with Gasteiger partial charge in [-0.1, -0.05) is 15.9 Å². The third kappa shape index (κ3) is 4.44. The Morgan fingerprint density at radius 3 is 2.77 bits per heavy atom. The first-order chi connectivity index (χ1) is 14.3. The van der Waals surface area contributed by atoms with Crippen LogP contribution in [-0.2, 0) is 16.1 Å². The largest absolute Gasteiger partial charge is 0.467 e. The van der Waals surface area contributed by atoms with Crippen molar-refractivity contribution in [3.63, 3.8) is 0 Å². The number of nitrogens with zero attached hydrogens (tertiary/aromatic N) is 2. The monoisotopic (exact) mass is 473 g/mol. The maximum Gasteiger partial charge on any atom is 0.341 e. The van der Waals surface area contributed by atoms with Crippen molar-refractivity contribution in [3.05, 3.63) is 75.0 Å². The van der Waals surface area contributed by atoms with E-state index in [1.165, 1.54) is 18.4 Å². The molecule has 0 saturated heterocycles. The summed E-state index contributed by atoms with van der Waals surface area (Å²) in [6.45, 7) is 3.27. The van der Waals surface area contributed by atoms with Crippen LogP contribution in [0.15, 0.2) is 45.5 Å². The van der Waals surface area contributed by atoms with Gasteiger partial charge in [0.1, 0.15) is 23.5 Å². The Balaban J connectivity index is 1.76. The summed E-state index contributed by atoms with van der Waals surface area (Å²) in [6, 6.07) is 9.44. The van der Waals surface area contributed by atoms with Crippen molar-refractivity contribution in [1.82, 2.24) is 4.57 Å². The van der Waals surface area contributed by atoms with Crippen molar-refractivity contribution >= 4 is 33.6 Å². The van der Waals surface area contributed by atoms with Gasteiger partial charge in [-0.2, -0.15) is 5.26 Å². The number of aromatic nitrogens is 1. The van der Waals surface area contributed by atoms with Crippen LogP contribution in [0.1, 0.15) is 32.9 Å². The molecule has 30 heavy (non-hydrogen) atoms. The number of ether oxygens (including phenoxy) is 1. The number of esters is 1. The average molecular weight is 474 g/mol. The highest BCUT2D eigenvalue weighted by atomic mass is 79.9. The summed E-state index contributed by atoms with van der Waals surface area (Å²) >= 11 is 3.15. The molecule has 0 aliphatic heterocycles. The second-order valence-corrected chi connectivity index (χ2v) is 7.38. The first-order valence-electron chi connectivity index (χ1n) is 8.86. The van der Waals surface area contributed by atoms with Crippen LogP contribution in [0.4, 0.5) is 10.2 Å². The zero-order valence-corrected chi connectivity index (χ0v) is 17.7. The summed E-state index contributed by atoms with van der Waals surface area (Å²) in [4.78, 5) is 24.5. The second-order valence-electron chi connectivity index (χ2n) is 6.46. The summed E-state index contributed by atoms with van der Waals surface area (Å²) in [7, 11) is 0. The van der Waals surface area contributed by atoms with Crippen LogP contribution in [0.2, 0.25) is 0 Å². The Hall–Kier alpha value is -3.38. The van der Waals surface area contributed by atoms with Crippen LogP contribution in [0.5, 0.6) is 0 Å². The van der Waals surface area contributed by atoms with Gasteiger partial charge in [0.25, 0.3) is 5.91 Å². The summed E-state index contributed by atoms with van der Waals surface area (Å²) in [5.41, 5.74) is 1.51.